The van der Waals surface area contributed by atoms with Gasteiger partial charge in [0.1, 0.15) is 30.4 Å². The van der Waals surface area contributed by atoms with E-state index >= 15 is 0 Å². The minimum absolute atomic E-state index is 0.0592. The van der Waals surface area contributed by atoms with Gasteiger partial charge in [0, 0.05) is 5.56 Å². The number of hydrogen-bond donors (Lipinski definition) is 0. The van der Waals surface area contributed by atoms with E-state index in [-0.39, 0.29) is 18.2 Å². The lowest BCUT2D eigenvalue weighted by Crippen LogP contribution is -2.27. The highest BCUT2D eigenvalue weighted by Gasteiger charge is 2.17. The average Bonchev–Trinajstić information content (AvgIpc) is 2.78. The number of nitrogens with zero attached hydrogens (tertiary/aromatic N) is 7. The molecule has 0 aromatic carbocycles. The number of rotatable bonds is 3. The number of anilines is 1. The van der Waals surface area contributed by atoms with Crippen LogP contribution in [0.1, 0.15) is 5.56 Å². The van der Waals surface area contributed by atoms with Gasteiger partial charge >= 0.3 is 0 Å². The molecule has 90 valence electrons. The maximum atomic E-state index is 8.81. The molecule has 2 rings (SSSR count). The summed E-state index contributed by atoms with van der Waals surface area (Å²) in [5.74, 6) is 0.895. The molecular weight excluding hydrogens is 254 g/mol. The number of halogens is 1. The summed E-state index contributed by atoms with van der Waals surface area (Å²) >= 11 is 6.01. The van der Waals surface area contributed by atoms with Gasteiger partial charge < -0.3 is 4.90 Å². The van der Waals surface area contributed by atoms with E-state index in [0.29, 0.717) is 17.2 Å². The summed E-state index contributed by atoms with van der Waals surface area (Å²) in [6, 6.07) is 4.01. The molecule has 0 atom stereocenters. The standard InChI is InChI=1S/C10H8ClN7/c1-7-8(11)16-10-14-6-15-18(10)9(7)17(4-2-12)5-3-13/h6H,4-5H2,1H3. The van der Waals surface area contributed by atoms with E-state index in [1.807, 2.05) is 12.1 Å². The number of fused-ring (bicyclic) bond motifs is 1. The maximum Gasteiger partial charge on any atom is 0.255 e. The lowest BCUT2D eigenvalue weighted by Gasteiger charge is -2.20. The van der Waals surface area contributed by atoms with Crippen molar-refractivity contribution in [3.05, 3.63) is 17.0 Å². The summed E-state index contributed by atoms with van der Waals surface area (Å²) in [6.45, 7) is 1.88. The summed E-state index contributed by atoms with van der Waals surface area (Å²) in [6.07, 6.45) is 1.35. The second-order valence-corrected chi connectivity index (χ2v) is 3.85. The van der Waals surface area contributed by atoms with Crippen LogP contribution >= 0.6 is 11.6 Å². The van der Waals surface area contributed by atoms with Gasteiger partial charge in [0.15, 0.2) is 0 Å². The van der Waals surface area contributed by atoms with Crippen LogP contribution in [0.3, 0.4) is 0 Å². The van der Waals surface area contributed by atoms with Crippen molar-refractivity contribution < 1.29 is 0 Å². The van der Waals surface area contributed by atoms with Crippen molar-refractivity contribution in [3.8, 4) is 12.1 Å². The Morgan fingerprint density at radius 2 is 2.06 bits per heavy atom. The van der Waals surface area contributed by atoms with Crippen molar-refractivity contribution in [1.82, 2.24) is 19.6 Å². The number of aromatic nitrogens is 4. The van der Waals surface area contributed by atoms with Crippen molar-refractivity contribution in [3.63, 3.8) is 0 Å². The highest BCUT2D eigenvalue weighted by Crippen LogP contribution is 2.25. The van der Waals surface area contributed by atoms with Crippen molar-refractivity contribution in [2.75, 3.05) is 18.0 Å². The fraction of sp³-hybridized carbons (Fsp3) is 0.300. The molecule has 0 unspecified atom stereocenters. The number of nitriles is 2. The molecule has 7 nitrogen and oxygen atoms in total. The highest BCUT2D eigenvalue weighted by atomic mass is 35.5. The Morgan fingerprint density at radius 1 is 1.39 bits per heavy atom. The fourth-order valence-electron chi connectivity index (χ4n) is 1.63. The Hall–Kier alpha value is -2.38. The van der Waals surface area contributed by atoms with E-state index in [2.05, 4.69) is 15.1 Å². The molecule has 0 saturated carbocycles. The molecule has 2 heterocycles. The molecule has 8 heteroatoms. The second kappa shape index (κ2) is 4.86. The lowest BCUT2D eigenvalue weighted by molar-refractivity contribution is 0.841. The van der Waals surface area contributed by atoms with Gasteiger partial charge in [-0.15, -0.1) is 0 Å². The minimum Gasteiger partial charge on any atom is -0.329 e. The topological polar surface area (TPSA) is 93.9 Å². The molecule has 0 aliphatic carbocycles. The van der Waals surface area contributed by atoms with Crippen molar-refractivity contribution in [2.24, 2.45) is 0 Å². The van der Waals surface area contributed by atoms with Gasteiger partial charge in [-0.25, -0.2) is 0 Å². The highest BCUT2D eigenvalue weighted by molar-refractivity contribution is 6.30. The Kier molecular flexibility index (Phi) is 3.26. The van der Waals surface area contributed by atoms with Crippen molar-refractivity contribution >= 4 is 23.2 Å². The Balaban J connectivity index is 2.67. The van der Waals surface area contributed by atoms with Crippen LogP contribution in [0.2, 0.25) is 5.15 Å². The van der Waals surface area contributed by atoms with Crippen LogP contribution in [0, 0.1) is 29.6 Å². The molecule has 0 amide bonds. The molecule has 0 saturated heterocycles. The maximum absolute atomic E-state index is 8.81. The monoisotopic (exact) mass is 261 g/mol. The molecule has 0 spiro atoms. The van der Waals surface area contributed by atoms with E-state index < -0.39 is 0 Å². The molecule has 0 bridgehead atoms. The van der Waals surface area contributed by atoms with E-state index in [4.69, 9.17) is 22.1 Å². The summed E-state index contributed by atoms with van der Waals surface area (Å²) in [7, 11) is 0. The normalized spacial score (nSPS) is 10.0. The Labute approximate surface area is 108 Å². The van der Waals surface area contributed by atoms with Gasteiger partial charge in [-0.1, -0.05) is 11.6 Å². The third-order valence-electron chi connectivity index (χ3n) is 2.40. The van der Waals surface area contributed by atoms with Gasteiger partial charge in [-0.2, -0.15) is 30.1 Å². The average molecular weight is 262 g/mol. The first-order valence-corrected chi connectivity index (χ1v) is 5.41. The molecule has 0 aliphatic heterocycles. The van der Waals surface area contributed by atoms with Crippen LogP contribution in [-0.2, 0) is 0 Å². The van der Waals surface area contributed by atoms with Crippen LogP contribution in [0.25, 0.3) is 5.78 Å². The summed E-state index contributed by atoms with van der Waals surface area (Å²) < 4.78 is 1.47. The zero-order valence-electron chi connectivity index (χ0n) is 9.50. The molecule has 2 aromatic heterocycles. The van der Waals surface area contributed by atoms with Gasteiger partial charge in [-0.3, -0.25) is 0 Å². The number of hydrogen-bond acceptors (Lipinski definition) is 6. The third kappa shape index (κ3) is 1.92. The molecule has 18 heavy (non-hydrogen) atoms. The predicted molar refractivity (Wildman–Crippen MR) is 64.0 cm³/mol. The van der Waals surface area contributed by atoms with E-state index in [1.54, 1.807) is 11.8 Å². The van der Waals surface area contributed by atoms with Crippen molar-refractivity contribution in [1.29, 1.82) is 10.5 Å². The van der Waals surface area contributed by atoms with Gasteiger partial charge in [-0.05, 0) is 6.92 Å². The largest absolute Gasteiger partial charge is 0.329 e. The zero-order valence-corrected chi connectivity index (χ0v) is 10.3. The minimum atomic E-state index is 0.0592. The van der Waals surface area contributed by atoms with Crippen LogP contribution < -0.4 is 4.90 Å². The Morgan fingerprint density at radius 3 is 2.67 bits per heavy atom. The van der Waals surface area contributed by atoms with Crippen LogP contribution in [0.4, 0.5) is 5.82 Å². The summed E-state index contributed by atoms with van der Waals surface area (Å²) in [5.41, 5.74) is 0.653. The van der Waals surface area contributed by atoms with E-state index in [0.717, 1.165) is 0 Å². The van der Waals surface area contributed by atoms with Crippen molar-refractivity contribution in [2.45, 2.75) is 6.92 Å². The predicted octanol–water partition coefficient (Wildman–Crippen LogP) is 0.940. The zero-order chi connectivity index (χ0) is 13.1. The second-order valence-electron chi connectivity index (χ2n) is 3.50. The lowest BCUT2D eigenvalue weighted by atomic mass is 10.3. The summed E-state index contributed by atoms with van der Waals surface area (Å²) in [5, 5.41) is 21.9. The first-order valence-electron chi connectivity index (χ1n) is 5.03. The van der Waals surface area contributed by atoms with Gasteiger partial charge in [0.05, 0.1) is 12.1 Å². The van der Waals surface area contributed by atoms with Crippen LogP contribution in [0.5, 0.6) is 0 Å². The first kappa shape index (κ1) is 12.1. The molecule has 0 radical (unpaired) electrons. The SMILES string of the molecule is Cc1c(Cl)nc2ncnn2c1N(CC#N)CC#N. The fourth-order valence-corrected chi connectivity index (χ4v) is 1.79. The van der Waals surface area contributed by atoms with Gasteiger partial charge in [0.2, 0.25) is 0 Å². The van der Waals surface area contributed by atoms with E-state index in [9.17, 15) is 0 Å². The molecule has 0 aliphatic rings. The first-order chi connectivity index (χ1) is 8.69. The van der Waals surface area contributed by atoms with Crippen LogP contribution in [-0.4, -0.2) is 32.7 Å². The third-order valence-corrected chi connectivity index (χ3v) is 2.76. The smallest absolute Gasteiger partial charge is 0.255 e. The summed E-state index contributed by atoms with van der Waals surface area (Å²) in [4.78, 5) is 9.58. The van der Waals surface area contributed by atoms with E-state index in [1.165, 1.54) is 10.8 Å². The van der Waals surface area contributed by atoms with Gasteiger partial charge in [0.25, 0.3) is 5.78 Å². The molecule has 0 N–H and O–H groups in total. The Bertz CT molecular complexity index is 647. The molecule has 2 aromatic rings. The quantitative estimate of drug-likeness (QED) is 0.603. The molecule has 0 fully saturated rings. The van der Waals surface area contributed by atoms with Crippen LogP contribution in [0.15, 0.2) is 6.33 Å². The molecular formula is C10H8ClN7.